The first-order chi connectivity index (χ1) is 14.7. The molecule has 4 aromatic carbocycles. The van der Waals surface area contributed by atoms with Crippen molar-refractivity contribution < 1.29 is 9.90 Å². The number of hydrogen-bond donors (Lipinski definition) is 2. The number of carbonyl (C=O) groups is 1. The van der Waals surface area contributed by atoms with Crippen LogP contribution in [0.3, 0.4) is 0 Å². The highest BCUT2D eigenvalue weighted by Gasteiger charge is 2.25. The molecule has 0 spiro atoms. The average Bonchev–Trinajstić information content (AvgIpc) is 3.09. The highest BCUT2D eigenvalue weighted by atomic mass is 16.3. The number of aromatic hydroxyl groups is 1. The van der Waals surface area contributed by atoms with Crippen molar-refractivity contribution in [2.75, 3.05) is 5.32 Å². The first kappa shape index (κ1) is 17.8. The van der Waals surface area contributed by atoms with Gasteiger partial charge in [0.25, 0.3) is 5.91 Å². The molecule has 0 unspecified atom stereocenters. The van der Waals surface area contributed by atoms with Crippen LogP contribution in [0.1, 0.15) is 11.1 Å². The Hall–Kier alpha value is -4.25. The fourth-order valence-corrected chi connectivity index (χ4v) is 3.56. The van der Waals surface area contributed by atoms with Gasteiger partial charge in [-0.3, -0.25) is 9.79 Å². The molecule has 30 heavy (non-hydrogen) atoms. The predicted molar refractivity (Wildman–Crippen MR) is 121 cm³/mol. The molecule has 5 heteroatoms. The molecule has 1 heterocycles. The molecule has 144 valence electrons. The first-order valence-corrected chi connectivity index (χ1v) is 9.54. The summed E-state index contributed by atoms with van der Waals surface area (Å²) in [6.45, 7) is 0. The van der Waals surface area contributed by atoms with Crippen LogP contribution in [0.2, 0.25) is 0 Å². The van der Waals surface area contributed by atoms with Gasteiger partial charge in [0.15, 0.2) is 0 Å². The first-order valence-electron chi connectivity index (χ1n) is 9.54. The Morgan fingerprint density at radius 2 is 1.53 bits per heavy atom. The van der Waals surface area contributed by atoms with Gasteiger partial charge in [-0.1, -0.05) is 60.7 Å². The van der Waals surface area contributed by atoms with Gasteiger partial charge in [-0.25, -0.2) is 4.99 Å². The van der Waals surface area contributed by atoms with Gasteiger partial charge in [0, 0.05) is 17.3 Å². The van der Waals surface area contributed by atoms with Crippen molar-refractivity contribution in [3.05, 3.63) is 96.1 Å². The van der Waals surface area contributed by atoms with E-state index in [1.165, 1.54) is 0 Å². The third kappa shape index (κ3) is 3.12. The summed E-state index contributed by atoms with van der Waals surface area (Å²) < 4.78 is 0. The molecule has 4 aromatic rings. The molecule has 0 fully saturated rings. The molecule has 0 radical (unpaired) electrons. The highest BCUT2D eigenvalue weighted by Crippen LogP contribution is 2.32. The van der Waals surface area contributed by atoms with Crippen LogP contribution in [0.25, 0.3) is 10.8 Å². The van der Waals surface area contributed by atoms with Gasteiger partial charge in [-0.05, 0) is 35.0 Å². The summed E-state index contributed by atoms with van der Waals surface area (Å²) in [5.41, 5.74) is 3.71. The number of nitrogens with zero attached hydrogens (tertiary/aromatic N) is 2. The minimum Gasteiger partial charge on any atom is -0.507 e. The van der Waals surface area contributed by atoms with Crippen molar-refractivity contribution >= 4 is 45.7 Å². The summed E-state index contributed by atoms with van der Waals surface area (Å²) >= 11 is 0. The van der Waals surface area contributed by atoms with E-state index < -0.39 is 0 Å². The lowest BCUT2D eigenvalue weighted by atomic mass is 10.0. The van der Waals surface area contributed by atoms with Crippen LogP contribution in [0.4, 0.5) is 17.1 Å². The molecule has 1 amide bonds. The topological polar surface area (TPSA) is 74.0 Å². The quantitative estimate of drug-likeness (QED) is 0.461. The molecule has 0 saturated carbocycles. The molecule has 1 aliphatic rings. The second-order valence-electron chi connectivity index (χ2n) is 6.93. The summed E-state index contributed by atoms with van der Waals surface area (Å²) in [6.07, 6.45) is 1.64. The number of benzene rings is 4. The lowest BCUT2D eigenvalue weighted by Crippen LogP contribution is -2.13. The number of para-hydroxylation sites is 3. The van der Waals surface area contributed by atoms with Crippen LogP contribution in [0.15, 0.2) is 94.9 Å². The lowest BCUT2D eigenvalue weighted by molar-refractivity contribution is -0.110. The monoisotopic (exact) mass is 391 g/mol. The maximum Gasteiger partial charge on any atom is 0.275 e. The normalized spacial score (nSPS) is 14.4. The van der Waals surface area contributed by atoms with Gasteiger partial charge in [0.05, 0.1) is 17.1 Å². The number of anilines is 1. The second-order valence-corrected chi connectivity index (χ2v) is 6.93. The molecule has 5 nitrogen and oxygen atoms in total. The van der Waals surface area contributed by atoms with Crippen molar-refractivity contribution in [2.24, 2.45) is 9.98 Å². The number of phenolic OH excluding ortho intramolecular Hbond substituents is 1. The molecule has 5 rings (SSSR count). The van der Waals surface area contributed by atoms with E-state index in [-0.39, 0.29) is 11.7 Å². The van der Waals surface area contributed by atoms with E-state index in [4.69, 9.17) is 0 Å². The molecular formula is C25H17N3O2. The molecule has 0 bridgehead atoms. The Morgan fingerprint density at radius 3 is 2.43 bits per heavy atom. The van der Waals surface area contributed by atoms with Gasteiger partial charge < -0.3 is 10.4 Å². The maximum atomic E-state index is 12.4. The zero-order chi connectivity index (χ0) is 20.5. The summed E-state index contributed by atoms with van der Waals surface area (Å²) in [5, 5.41) is 15.1. The van der Waals surface area contributed by atoms with Crippen molar-refractivity contribution in [2.45, 2.75) is 0 Å². The van der Waals surface area contributed by atoms with Crippen molar-refractivity contribution in [3.63, 3.8) is 0 Å². The SMILES string of the molecule is O=C1Nc2ccccc2C1=Nc1ccccc1N=Cc1c(O)ccc2ccccc12. The smallest absolute Gasteiger partial charge is 0.275 e. The largest absolute Gasteiger partial charge is 0.507 e. The Balaban J connectivity index is 1.58. The standard InChI is InChI=1S/C25H17N3O2/c29-23-14-13-16-7-1-2-8-17(16)19(23)15-26-21-11-5-6-12-22(21)27-24-18-9-3-4-10-20(18)28-25(24)30/h1-15,29H,(H,27,28,30). The van der Waals surface area contributed by atoms with Crippen molar-refractivity contribution in [3.8, 4) is 5.75 Å². The van der Waals surface area contributed by atoms with Crippen molar-refractivity contribution in [1.82, 2.24) is 0 Å². The van der Waals surface area contributed by atoms with E-state index in [0.29, 0.717) is 22.6 Å². The molecule has 0 saturated heterocycles. The number of rotatable bonds is 3. The fraction of sp³-hybridized carbons (Fsp3) is 0. The maximum absolute atomic E-state index is 12.4. The molecule has 0 aliphatic carbocycles. The van der Waals surface area contributed by atoms with Gasteiger partial charge in [0.2, 0.25) is 0 Å². The predicted octanol–water partition coefficient (Wildman–Crippen LogP) is 5.37. The third-order valence-electron chi connectivity index (χ3n) is 5.04. The Bertz CT molecular complexity index is 1360. The van der Waals surface area contributed by atoms with Crippen LogP contribution in [0, 0.1) is 0 Å². The van der Waals surface area contributed by atoms with E-state index in [2.05, 4.69) is 15.3 Å². The highest BCUT2D eigenvalue weighted by molar-refractivity contribution is 6.54. The Labute approximate surface area is 173 Å². The summed E-state index contributed by atoms with van der Waals surface area (Å²) in [5.74, 6) is -0.0768. The molecule has 0 aromatic heterocycles. The number of amides is 1. The molecule has 0 atom stereocenters. The van der Waals surface area contributed by atoms with Crippen molar-refractivity contribution in [1.29, 1.82) is 0 Å². The molecule has 2 N–H and O–H groups in total. The number of carbonyl (C=O) groups excluding carboxylic acids is 1. The zero-order valence-electron chi connectivity index (χ0n) is 15.9. The number of hydrogen-bond acceptors (Lipinski definition) is 4. The Kier molecular flexibility index (Phi) is 4.33. The van der Waals surface area contributed by atoms with E-state index in [0.717, 1.165) is 22.0 Å². The molecular weight excluding hydrogens is 374 g/mol. The molecule has 1 aliphatic heterocycles. The van der Waals surface area contributed by atoms with Crippen LogP contribution in [-0.4, -0.2) is 22.9 Å². The van der Waals surface area contributed by atoms with Gasteiger partial charge in [-0.15, -0.1) is 0 Å². The van der Waals surface area contributed by atoms with E-state index >= 15 is 0 Å². The van der Waals surface area contributed by atoms with E-state index in [9.17, 15) is 9.90 Å². The average molecular weight is 391 g/mol. The van der Waals surface area contributed by atoms with Crippen LogP contribution in [-0.2, 0) is 4.79 Å². The second kappa shape index (κ2) is 7.29. The van der Waals surface area contributed by atoms with E-state index in [1.807, 2.05) is 78.9 Å². The number of nitrogens with one attached hydrogen (secondary N) is 1. The van der Waals surface area contributed by atoms with E-state index in [1.54, 1.807) is 12.3 Å². The third-order valence-corrected chi connectivity index (χ3v) is 5.04. The summed E-state index contributed by atoms with van der Waals surface area (Å²) in [6, 6.07) is 26.2. The van der Waals surface area contributed by atoms with Gasteiger partial charge in [-0.2, -0.15) is 0 Å². The number of fused-ring (bicyclic) bond motifs is 2. The van der Waals surface area contributed by atoms with Gasteiger partial charge in [0.1, 0.15) is 11.5 Å². The lowest BCUT2D eigenvalue weighted by Gasteiger charge is -2.05. The minimum atomic E-state index is -0.235. The van der Waals surface area contributed by atoms with Crippen LogP contribution in [0.5, 0.6) is 5.75 Å². The number of aliphatic imine (C=N–C) groups is 2. The van der Waals surface area contributed by atoms with Gasteiger partial charge >= 0.3 is 0 Å². The zero-order valence-corrected chi connectivity index (χ0v) is 15.9. The summed E-state index contributed by atoms with van der Waals surface area (Å²) in [4.78, 5) is 21.6. The van der Waals surface area contributed by atoms with Crippen LogP contribution >= 0.6 is 0 Å². The van der Waals surface area contributed by atoms with Crippen LogP contribution < -0.4 is 5.32 Å². The number of phenols is 1. The summed E-state index contributed by atoms with van der Waals surface area (Å²) in [7, 11) is 0. The fourth-order valence-electron chi connectivity index (χ4n) is 3.56. The Morgan fingerprint density at radius 1 is 0.800 bits per heavy atom. The minimum absolute atomic E-state index is 0.158.